The lowest BCUT2D eigenvalue weighted by Crippen LogP contribution is -2.33. The molecular formula is C11H15F3N2. The Hall–Kier alpha value is -1.07. The molecule has 2 nitrogen and oxygen atoms in total. The van der Waals surface area contributed by atoms with Gasteiger partial charge in [-0.3, -0.25) is 0 Å². The van der Waals surface area contributed by atoms with E-state index in [1.165, 1.54) is 12.1 Å². The zero-order valence-electron chi connectivity index (χ0n) is 9.01. The Balaban J connectivity index is 2.80. The Bertz CT molecular complexity index is 336. The minimum absolute atomic E-state index is 0.00119. The zero-order valence-corrected chi connectivity index (χ0v) is 9.01. The molecule has 0 fully saturated rings. The Morgan fingerprint density at radius 1 is 1.31 bits per heavy atom. The molecule has 1 atom stereocenters. The fourth-order valence-electron chi connectivity index (χ4n) is 1.32. The molecule has 3 N–H and O–H groups in total. The minimum Gasteiger partial charge on any atom is -0.329 e. The molecule has 0 spiro atoms. The van der Waals surface area contributed by atoms with Crippen LogP contribution in [-0.2, 0) is 12.7 Å². The average molecular weight is 232 g/mol. The van der Waals surface area contributed by atoms with E-state index in [1.807, 2.05) is 6.92 Å². The Morgan fingerprint density at radius 2 is 1.94 bits per heavy atom. The van der Waals surface area contributed by atoms with E-state index in [-0.39, 0.29) is 18.2 Å². The van der Waals surface area contributed by atoms with E-state index in [9.17, 15) is 13.2 Å². The highest BCUT2D eigenvalue weighted by Crippen LogP contribution is 2.31. The molecule has 0 bridgehead atoms. The van der Waals surface area contributed by atoms with Crippen molar-refractivity contribution in [3.8, 4) is 0 Å². The van der Waals surface area contributed by atoms with Crippen LogP contribution in [0.1, 0.15) is 18.1 Å². The van der Waals surface area contributed by atoms with Crippen LogP contribution in [0.2, 0.25) is 0 Å². The van der Waals surface area contributed by atoms with Crippen molar-refractivity contribution >= 4 is 0 Å². The lowest BCUT2D eigenvalue weighted by Gasteiger charge is -2.15. The first-order chi connectivity index (χ1) is 7.45. The Kier molecular flexibility index (Phi) is 4.32. The number of benzene rings is 1. The van der Waals surface area contributed by atoms with Crippen molar-refractivity contribution in [2.75, 3.05) is 6.54 Å². The largest absolute Gasteiger partial charge is 0.416 e. The monoisotopic (exact) mass is 232 g/mol. The molecule has 0 saturated carbocycles. The Morgan fingerprint density at radius 3 is 2.50 bits per heavy atom. The van der Waals surface area contributed by atoms with E-state index in [1.54, 1.807) is 6.07 Å². The van der Waals surface area contributed by atoms with Gasteiger partial charge in [0.15, 0.2) is 0 Å². The topological polar surface area (TPSA) is 38.0 Å². The summed E-state index contributed by atoms with van der Waals surface area (Å²) in [7, 11) is 0. The summed E-state index contributed by atoms with van der Waals surface area (Å²) in [6.45, 7) is 2.40. The van der Waals surface area contributed by atoms with E-state index >= 15 is 0 Å². The van der Waals surface area contributed by atoms with Crippen LogP contribution in [0.25, 0.3) is 0 Å². The van der Waals surface area contributed by atoms with Crippen LogP contribution in [0.15, 0.2) is 24.3 Å². The molecule has 1 rings (SSSR count). The zero-order chi connectivity index (χ0) is 12.2. The van der Waals surface area contributed by atoms with Gasteiger partial charge in [-0.15, -0.1) is 0 Å². The smallest absolute Gasteiger partial charge is 0.329 e. The maximum Gasteiger partial charge on any atom is 0.416 e. The third-order valence-corrected chi connectivity index (χ3v) is 2.32. The SMILES string of the molecule is CC(CN)NCc1ccccc1C(F)(F)F. The van der Waals surface area contributed by atoms with Crippen molar-refractivity contribution in [1.29, 1.82) is 0 Å². The maximum absolute atomic E-state index is 12.6. The summed E-state index contributed by atoms with van der Waals surface area (Å²) >= 11 is 0. The van der Waals surface area contributed by atoms with Crippen LogP contribution in [0.4, 0.5) is 13.2 Å². The molecule has 90 valence electrons. The second kappa shape index (κ2) is 5.32. The average Bonchev–Trinajstić information content (AvgIpc) is 2.25. The molecule has 0 amide bonds. The van der Waals surface area contributed by atoms with Crippen LogP contribution in [0.3, 0.4) is 0 Å². The van der Waals surface area contributed by atoms with Crippen molar-refractivity contribution in [3.05, 3.63) is 35.4 Å². The quantitative estimate of drug-likeness (QED) is 0.834. The first-order valence-corrected chi connectivity index (χ1v) is 5.03. The molecule has 0 saturated heterocycles. The van der Waals surface area contributed by atoms with E-state index in [2.05, 4.69) is 5.32 Å². The van der Waals surface area contributed by atoms with Crippen LogP contribution >= 0.6 is 0 Å². The highest BCUT2D eigenvalue weighted by molar-refractivity contribution is 5.29. The first kappa shape index (κ1) is 13.0. The summed E-state index contributed by atoms with van der Waals surface area (Å²) in [6.07, 6.45) is -4.30. The summed E-state index contributed by atoms with van der Waals surface area (Å²) in [6, 6.07) is 5.54. The summed E-state index contributed by atoms with van der Waals surface area (Å²) in [5.74, 6) is 0. The van der Waals surface area contributed by atoms with Gasteiger partial charge in [-0.25, -0.2) is 0 Å². The molecule has 1 unspecified atom stereocenters. The van der Waals surface area contributed by atoms with Gasteiger partial charge in [-0.2, -0.15) is 13.2 Å². The number of nitrogens with two attached hydrogens (primary N) is 1. The van der Waals surface area contributed by atoms with E-state index in [4.69, 9.17) is 5.73 Å². The van der Waals surface area contributed by atoms with Crippen LogP contribution in [-0.4, -0.2) is 12.6 Å². The lowest BCUT2D eigenvalue weighted by atomic mass is 10.1. The number of rotatable bonds is 4. The van der Waals surface area contributed by atoms with Gasteiger partial charge >= 0.3 is 6.18 Å². The second-order valence-electron chi connectivity index (χ2n) is 3.67. The molecule has 0 aromatic heterocycles. The van der Waals surface area contributed by atoms with Gasteiger partial charge in [0.25, 0.3) is 0 Å². The highest BCUT2D eigenvalue weighted by atomic mass is 19.4. The molecular weight excluding hydrogens is 217 g/mol. The van der Waals surface area contributed by atoms with Crippen molar-refractivity contribution in [2.24, 2.45) is 5.73 Å². The second-order valence-corrected chi connectivity index (χ2v) is 3.67. The predicted octanol–water partition coefficient (Wildman–Crippen LogP) is 2.14. The van der Waals surface area contributed by atoms with E-state index < -0.39 is 11.7 Å². The molecule has 1 aromatic carbocycles. The summed E-state index contributed by atoms with van der Waals surface area (Å²) in [4.78, 5) is 0. The third kappa shape index (κ3) is 3.50. The Labute approximate surface area is 92.6 Å². The number of alkyl halides is 3. The van der Waals surface area contributed by atoms with Crippen LogP contribution in [0, 0.1) is 0 Å². The fourth-order valence-corrected chi connectivity index (χ4v) is 1.32. The van der Waals surface area contributed by atoms with Crippen molar-refractivity contribution in [1.82, 2.24) is 5.32 Å². The van der Waals surface area contributed by atoms with Gasteiger partial charge in [0, 0.05) is 19.1 Å². The molecule has 0 aliphatic rings. The third-order valence-electron chi connectivity index (χ3n) is 2.32. The van der Waals surface area contributed by atoms with Gasteiger partial charge in [-0.05, 0) is 18.6 Å². The van der Waals surface area contributed by atoms with E-state index in [0.29, 0.717) is 6.54 Å². The molecule has 0 aliphatic heterocycles. The number of hydrogen-bond donors (Lipinski definition) is 2. The van der Waals surface area contributed by atoms with E-state index in [0.717, 1.165) is 6.07 Å². The summed E-state index contributed by atoms with van der Waals surface area (Å²) < 4.78 is 37.8. The minimum atomic E-state index is -4.30. The molecule has 5 heteroatoms. The number of hydrogen-bond acceptors (Lipinski definition) is 2. The van der Waals surface area contributed by atoms with Gasteiger partial charge in [-0.1, -0.05) is 18.2 Å². The van der Waals surface area contributed by atoms with Crippen molar-refractivity contribution in [3.63, 3.8) is 0 Å². The first-order valence-electron chi connectivity index (χ1n) is 5.03. The van der Waals surface area contributed by atoms with Crippen LogP contribution in [0.5, 0.6) is 0 Å². The number of halogens is 3. The number of nitrogens with one attached hydrogen (secondary N) is 1. The summed E-state index contributed by atoms with van der Waals surface area (Å²) in [5.41, 5.74) is 5.03. The summed E-state index contributed by atoms with van der Waals surface area (Å²) in [5, 5.41) is 2.94. The van der Waals surface area contributed by atoms with Gasteiger partial charge < -0.3 is 11.1 Å². The van der Waals surface area contributed by atoms with Gasteiger partial charge in [0.2, 0.25) is 0 Å². The van der Waals surface area contributed by atoms with Gasteiger partial charge in [0.1, 0.15) is 0 Å². The molecule has 1 aromatic rings. The molecule has 0 heterocycles. The standard InChI is InChI=1S/C11H15F3N2/c1-8(6-15)16-7-9-4-2-3-5-10(9)11(12,13)14/h2-5,8,16H,6-7,15H2,1H3. The van der Waals surface area contributed by atoms with Gasteiger partial charge in [0.05, 0.1) is 5.56 Å². The lowest BCUT2D eigenvalue weighted by molar-refractivity contribution is -0.138. The maximum atomic E-state index is 12.6. The molecule has 16 heavy (non-hydrogen) atoms. The molecule has 0 aliphatic carbocycles. The molecule has 0 radical (unpaired) electrons. The predicted molar refractivity (Wildman–Crippen MR) is 56.8 cm³/mol. The normalized spacial score (nSPS) is 13.8. The highest BCUT2D eigenvalue weighted by Gasteiger charge is 2.32. The fraction of sp³-hybridized carbons (Fsp3) is 0.455. The van der Waals surface area contributed by atoms with Crippen molar-refractivity contribution in [2.45, 2.75) is 25.7 Å². The van der Waals surface area contributed by atoms with Crippen molar-refractivity contribution < 1.29 is 13.2 Å². The van der Waals surface area contributed by atoms with Crippen LogP contribution < -0.4 is 11.1 Å².